The van der Waals surface area contributed by atoms with Crippen LogP contribution in [-0.4, -0.2) is 13.1 Å². The third-order valence-electron chi connectivity index (χ3n) is 3.82. The van der Waals surface area contributed by atoms with E-state index in [2.05, 4.69) is 6.07 Å². The van der Waals surface area contributed by atoms with Crippen molar-refractivity contribution in [2.75, 3.05) is 7.11 Å². The van der Waals surface area contributed by atoms with Crippen molar-refractivity contribution in [3.05, 3.63) is 59.7 Å². The molecule has 0 N–H and O–H groups in total. The number of carbonyl (C=O) groups is 1. The largest absolute Gasteiger partial charge is 0.497 e. The molecule has 0 radical (unpaired) electrons. The van der Waals surface area contributed by atoms with Crippen LogP contribution >= 0.6 is 0 Å². The molecule has 0 unspecified atom stereocenters. The summed E-state index contributed by atoms with van der Waals surface area (Å²) in [6, 6.07) is 16.7. The second-order valence-electron chi connectivity index (χ2n) is 5.67. The summed E-state index contributed by atoms with van der Waals surface area (Å²) in [5, 5.41) is 9.43. The van der Waals surface area contributed by atoms with Gasteiger partial charge in [0, 0.05) is 0 Å². The van der Waals surface area contributed by atoms with E-state index in [0.717, 1.165) is 29.7 Å². The second kappa shape index (κ2) is 7.01. The van der Waals surface area contributed by atoms with Gasteiger partial charge in [-0.05, 0) is 66.4 Å². The maximum Gasteiger partial charge on any atom is 0.314 e. The van der Waals surface area contributed by atoms with Crippen LogP contribution < -0.4 is 9.47 Å². The van der Waals surface area contributed by atoms with Crippen molar-refractivity contribution < 1.29 is 14.3 Å². The number of hydrogen-bond donors (Lipinski definition) is 0. The van der Waals surface area contributed by atoms with Crippen molar-refractivity contribution in [3.63, 3.8) is 0 Å². The molecular weight excluding hydrogens is 302 g/mol. The molecule has 24 heavy (non-hydrogen) atoms. The van der Waals surface area contributed by atoms with E-state index in [1.807, 2.05) is 36.4 Å². The van der Waals surface area contributed by atoms with E-state index in [-0.39, 0.29) is 11.9 Å². The average Bonchev–Trinajstić information content (AvgIpc) is 3.45. The summed E-state index contributed by atoms with van der Waals surface area (Å²) in [5.74, 6) is 1.13. The Kier molecular flexibility index (Phi) is 4.62. The molecule has 0 amide bonds. The minimum atomic E-state index is -0.174. The highest BCUT2D eigenvalue weighted by Gasteiger charge is 2.31. The van der Waals surface area contributed by atoms with Crippen molar-refractivity contribution in [1.82, 2.24) is 0 Å². The van der Waals surface area contributed by atoms with Gasteiger partial charge in [-0.25, -0.2) is 0 Å². The normalized spacial score (nSPS) is 13.9. The predicted molar refractivity (Wildman–Crippen MR) is 91.3 cm³/mol. The molecule has 0 heterocycles. The lowest BCUT2D eigenvalue weighted by Gasteiger charge is -2.05. The van der Waals surface area contributed by atoms with Crippen molar-refractivity contribution >= 4 is 17.6 Å². The number of carbonyl (C=O) groups excluding carboxylic acids is 1. The van der Waals surface area contributed by atoms with E-state index in [9.17, 15) is 10.1 Å². The summed E-state index contributed by atoms with van der Waals surface area (Å²) in [6.45, 7) is 0. The molecule has 0 aromatic heterocycles. The molecule has 1 aliphatic carbocycles. The van der Waals surface area contributed by atoms with Gasteiger partial charge in [-0.3, -0.25) is 4.79 Å². The third kappa shape index (κ3) is 3.82. The SMILES string of the molecule is COc1ccc(/C(C#N)=C\c2cccc(OC(=O)C3CC3)c2)cc1. The summed E-state index contributed by atoms with van der Waals surface area (Å²) in [7, 11) is 1.60. The molecule has 4 nitrogen and oxygen atoms in total. The molecule has 0 bridgehead atoms. The van der Waals surface area contributed by atoms with Crippen molar-refractivity contribution in [2.24, 2.45) is 5.92 Å². The third-order valence-corrected chi connectivity index (χ3v) is 3.82. The summed E-state index contributed by atoms with van der Waals surface area (Å²) < 4.78 is 10.5. The van der Waals surface area contributed by atoms with Crippen LogP contribution in [0.1, 0.15) is 24.0 Å². The van der Waals surface area contributed by atoms with Gasteiger partial charge in [0.1, 0.15) is 11.5 Å². The van der Waals surface area contributed by atoms with Gasteiger partial charge >= 0.3 is 5.97 Å². The maximum absolute atomic E-state index is 11.7. The Morgan fingerprint density at radius 1 is 1.17 bits per heavy atom. The molecule has 0 aliphatic heterocycles. The topological polar surface area (TPSA) is 59.3 Å². The Balaban J connectivity index is 1.82. The van der Waals surface area contributed by atoms with Crippen LogP contribution in [0.15, 0.2) is 48.5 Å². The lowest BCUT2D eigenvalue weighted by atomic mass is 10.0. The van der Waals surface area contributed by atoms with Crippen LogP contribution in [0.3, 0.4) is 0 Å². The predicted octanol–water partition coefficient (Wildman–Crippen LogP) is 4.07. The minimum absolute atomic E-state index is 0.0539. The van der Waals surface area contributed by atoms with Crippen molar-refractivity contribution in [2.45, 2.75) is 12.8 Å². The van der Waals surface area contributed by atoms with Gasteiger partial charge in [-0.1, -0.05) is 12.1 Å². The van der Waals surface area contributed by atoms with E-state index < -0.39 is 0 Å². The second-order valence-corrected chi connectivity index (χ2v) is 5.67. The minimum Gasteiger partial charge on any atom is -0.497 e. The number of nitrogens with zero attached hydrogens (tertiary/aromatic N) is 1. The molecular formula is C20H17NO3. The van der Waals surface area contributed by atoms with Gasteiger partial charge < -0.3 is 9.47 Å². The Hall–Kier alpha value is -3.06. The van der Waals surface area contributed by atoms with E-state index >= 15 is 0 Å². The van der Waals surface area contributed by atoms with Crippen LogP contribution in [0.5, 0.6) is 11.5 Å². The van der Waals surface area contributed by atoms with Gasteiger partial charge in [-0.2, -0.15) is 5.26 Å². The summed E-state index contributed by atoms with van der Waals surface area (Å²) >= 11 is 0. The zero-order valence-corrected chi connectivity index (χ0v) is 13.4. The van der Waals surface area contributed by atoms with Gasteiger partial charge in [0.05, 0.1) is 24.7 Å². The molecule has 2 aromatic carbocycles. The van der Waals surface area contributed by atoms with Crippen LogP contribution in [0, 0.1) is 17.2 Å². The Labute approximate surface area is 140 Å². The Morgan fingerprint density at radius 3 is 2.54 bits per heavy atom. The van der Waals surface area contributed by atoms with Crippen LogP contribution in [0.4, 0.5) is 0 Å². The van der Waals surface area contributed by atoms with Gasteiger partial charge in [0.15, 0.2) is 0 Å². The monoisotopic (exact) mass is 319 g/mol. The lowest BCUT2D eigenvalue weighted by molar-refractivity contribution is -0.135. The number of hydrogen-bond acceptors (Lipinski definition) is 4. The molecule has 1 saturated carbocycles. The zero-order chi connectivity index (χ0) is 16.9. The van der Waals surface area contributed by atoms with Gasteiger partial charge in [0.25, 0.3) is 0 Å². The van der Waals surface area contributed by atoms with Gasteiger partial charge in [0.2, 0.25) is 0 Å². The fraction of sp³-hybridized carbons (Fsp3) is 0.200. The van der Waals surface area contributed by atoms with Crippen LogP contribution in [0.25, 0.3) is 11.6 Å². The molecule has 2 aromatic rings. The van der Waals surface area contributed by atoms with Crippen molar-refractivity contribution in [3.8, 4) is 17.6 Å². The van der Waals surface area contributed by atoms with E-state index in [1.165, 1.54) is 0 Å². The highest BCUT2D eigenvalue weighted by molar-refractivity contribution is 5.90. The zero-order valence-electron chi connectivity index (χ0n) is 13.4. The molecule has 3 rings (SSSR count). The smallest absolute Gasteiger partial charge is 0.314 e. The van der Waals surface area contributed by atoms with Crippen molar-refractivity contribution in [1.29, 1.82) is 5.26 Å². The number of ether oxygens (including phenoxy) is 2. The molecule has 1 fully saturated rings. The molecule has 1 aliphatic rings. The molecule has 0 saturated heterocycles. The first-order chi connectivity index (χ1) is 11.7. The molecule has 120 valence electrons. The number of esters is 1. The fourth-order valence-electron chi connectivity index (χ4n) is 2.30. The van der Waals surface area contributed by atoms with E-state index in [1.54, 1.807) is 25.3 Å². The lowest BCUT2D eigenvalue weighted by Crippen LogP contribution is -2.09. The first kappa shape index (κ1) is 15.8. The van der Waals surface area contributed by atoms with E-state index in [4.69, 9.17) is 9.47 Å². The van der Waals surface area contributed by atoms with Crippen LogP contribution in [0.2, 0.25) is 0 Å². The number of allylic oxidation sites excluding steroid dienone is 1. The first-order valence-corrected chi connectivity index (χ1v) is 7.77. The standard InChI is InChI=1S/C20H17NO3/c1-23-18-9-7-15(8-10-18)17(13-21)11-14-3-2-4-19(12-14)24-20(22)16-5-6-16/h2-4,7-12,16H,5-6H2,1H3/b17-11-. The fourth-order valence-corrected chi connectivity index (χ4v) is 2.30. The summed E-state index contributed by atoms with van der Waals surface area (Å²) in [6.07, 6.45) is 3.60. The highest BCUT2D eigenvalue weighted by Crippen LogP contribution is 2.31. The first-order valence-electron chi connectivity index (χ1n) is 7.77. The highest BCUT2D eigenvalue weighted by atomic mass is 16.5. The maximum atomic E-state index is 11.7. The number of rotatable bonds is 5. The number of methoxy groups -OCH3 is 1. The summed E-state index contributed by atoms with van der Waals surface area (Å²) in [5.41, 5.74) is 2.14. The quantitative estimate of drug-likeness (QED) is 0.361. The molecule has 0 atom stereocenters. The Morgan fingerprint density at radius 2 is 1.92 bits per heavy atom. The average molecular weight is 319 g/mol. The van der Waals surface area contributed by atoms with E-state index in [0.29, 0.717) is 11.3 Å². The number of nitriles is 1. The molecule has 4 heteroatoms. The summed E-state index contributed by atoms with van der Waals surface area (Å²) in [4.78, 5) is 11.7. The Bertz CT molecular complexity index is 812. The number of benzene rings is 2. The molecule has 0 spiro atoms. The van der Waals surface area contributed by atoms with Crippen LogP contribution in [-0.2, 0) is 4.79 Å². The van der Waals surface area contributed by atoms with Gasteiger partial charge in [-0.15, -0.1) is 0 Å².